The zero-order chi connectivity index (χ0) is 17.6. The number of rotatable bonds is 5. The van der Waals surface area contributed by atoms with Gasteiger partial charge >= 0.3 is 0 Å². The molecule has 4 aliphatic heterocycles. The summed E-state index contributed by atoms with van der Waals surface area (Å²) in [5.74, 6) is 1.88. The fourth-order valence-corrected chi connectivity index (χ4v) is 5.09. The maximum atomic E-state index is 10.3. The molecule has 5 rings (SSSR count). The average Bonchev–Trinajstić information content (AvgIpc) is 2.58. The average molecular weight is 341 g/mol. The Balaban J connectivity index is 1.79. The molecule has 1 N–H and O–H groups in total. The maximum absolute atomic E-state index is 10.3. The molecule has 3 nitrogen and oxygen atoms in total. The predicted octanol–water partition coefficient (Wildman–Crippen LogP) is 5.12. The highest BCUT2D eigenvalue weighted by Gasteiger charge is 2.46. The minimum absolute atomic E-state index is 0.311. The number of phenolic OH excluding ortho intramolecular Hbond substituents is 1. The van der Waals surface area contributed by atoms with Gasteiger partial charge in [0.25, 0.3) is 0 Å². The van der Waals surface area contributed by atoms with Crippen molar-refractivity contribution in [3.05, 3.63) is 29.0 Å². The molecule has 0 atom stereocenters. The molecule has 1 fully saturated rings. The monoisotopic (exact) mass is 341 g/mol. The van der Waals surface area contributed by atoms with Crippen LogP contribution in [0.4, 0.5) is 0 Å². The van der Waals surface area contributed by atoms with Crippen LogP contribution in [0.25, 0.3) is 5.57 Å². The molecule has 4 aliphatic rings. The standard InChI is InChI=1S/C22H31NO2/c1-4-5-6-7-8-16-13-17(24)14-18-19(16)20-15-9-11-23(12-10-15)21(20)22(2,3)25-18/h13-15,24H,4-12H2,1-3H3. The van der Waals surface area contributed by atoms with Gasteiger partial charge in [-0.2, -0.15) is 0 Å². The second-order valence-corrected chi connectivity index (χ2v) is 8.42. The summed E-state index contributed by atoms with van der Waals surface area (Å²) in [5, 5.41) is 10.3. The Morgan fingerprint density at radius 3 is 2.64 bits per heavy atom. The van der Waals surface area contributed by atoms with E-state index in [4.69, 9.17) is 4.74 Å². The first-order valence-electron chi connectivity index (χ1n) is 10.1. The molecule has 0 spiro atoms. The number of piperidine rings is 1. The van der Waals surface area contributed by atoms with Gasteiger partial charge in [-0.3, -0.25) is 0 Å². The molecule has 1 aromatic rings. The highest BCUT2D eigenvalue weighted by Crippen LogP contribution is 2.53. The van der Waals surface area contributed by atoms with E-state index >= 15 is 0 Å². The number of ether oxygens (including phenoxy) is 1. The Morgan fingerprint density at radius 1 is 1.16 bits per heavy atom. The Bertz CT molecular complexity index is 696. The van der Waals surface area contributed by atoms with Gasteiger partial charge in [0.2, 0.25) is 0 Å². The van der Waals surface area contributed by atoms with Crippen LogP contribution < -0.4 is 4.74 Å². The minimum atomic E-state index is -0.311. The molecule has 0 radical (unpaired) electrons. The van der Waals surface area contributed by atoms with E-state index in [1.54, 1.807) is 0 Å². The van der Waals surface area contributed by atoms with Crippen LogP contribution in [0.5, 0.6) is 11.5 Å². The molecule has 0 unspecified atom stereocenters. The summed E-state index contributed by atoms with van der Waals surface area (Å²) < 4.78 is 6.43. The molecule has 1 aromatic carbocycles. The van der Waals surface area contributed by atoms with Gasteiger partial charge in [-0.15, -0.1) is 0 Å². The number of unbranched alkanes of at least 4 members (excludes halogenated alkanes) is 3. The molecule has 0 aromatic heterocycles. The van der Waals surface area contributed by atoms with Crippen LogP contribution in [0.1, 0.15) is 70.4 Å². The number of nitrogens with zero attached hydrogens (tertiary/aromatic N) is 1. The summed E-state index contributed by atoms with van der Waals surface area (Å²) in [4.78, 5) is 2.55. The van der Waals surface area contributed by atoms with Gasteiger partial charge < -0.3 is 14.7 Å². The number of aryl methyl sites for hydroxylation is 1. The van der Waals surface area contributed by atoms with Crippen molar-refractivity contribution >= 4 is 5.57 Å². The first-order chi connectivity index (χ1) is 12.0. The molecular weight excluding hydrogens is 310 g/mol. The van der Waals surface area contributed by atoms with Crippen molar-refractivity contribution in [2.75, 3.05) is 13.1 Å². The van der Waals surface area contributed by atoms with Crippen molar-refractivity contribution in [3.63, 3.8) is 0 Å². The summed E-state index contributed by atoms with van der Waals surface area (Å²) in [7, 11) is 0. The summed E-state index contributed by atoms with van der Waals surface area (Å²) in [6.07, 6.45) is 8.52. The number of allylic oxidation sites excluding steroid dienone is 1. The molecule has 136 valence electrons. The molecule has 4 heterocycles. The van der Waals surface area contributed by atoms with Gasteiger partial charge in [0, 0.05) is 24.7 Å². The topological polar surface area (TPSA) is 32.7 Å². The van der Waals surface area contributed by atoms with Crippen molar-refractivity contribution < 1.29 is 9.84 Å². The van der Waals surface area contributed by atoms with Gasteiger partial charge in [-0.05, 0) is 62.7 Å². The van der Waals surface area contributed by atoms with Crippen LogP contribution in [0.15, 0.2) is 17.8 Å². The van der Waals surface area contributed by atoms with E-state index in [1.165, 1.54) is 60.9 Å². The van der Waals surface area contributed by atoms with Crippen LogP contribution in [0, 0.1) is 5.92 Å². The Labute approximate surface area is 151 Å². The Hall–Kier alpha value is -1.64. The molecule has 3 heteroatoms. The van der Waals surface area contributed by atoms with Crippen molar-refractivity contribution in [2.24, 2.45) is 5.92 Å². The summed E-state index contributed by atoms with van der Waals surface area (Å²) in [5.41, 5.74) is 5.20. The third-order valence-corrected chi connectivity index (χ3v) is 6.15. The Kier molecular flexibility index (Phi) is 4.21. The van der Waals surface area contributed by atoms with Gasteiger partial charge in [-0.1, -0.05) is 26.2 Å². The quantitative estimate of drug-likeness (QED) is 0.754. The van der Waals surface area contributed by atoms with Crippen molar-refractivity contribution in [1.82, 2.24) is 4.90 Å². The highest BCUT2D eigenvalue weighted by molar-refractivity contribution is 5.81. The van der Waals surface area contributed by atoms with E-state index < -0.39 is 0 Å². The SMILES string of the molecule is CCCCCCc1cc(O)cc2c1C1=C(N3CCC1CC3)C(C)(C)O2. The Morgan fingerprint density at radius 2 is 1.92 bits per heavy atom. The van der Waals surface area contributed by atoms with Crippen LogP contribution in [-0.4, -0.2) is 28.7 Å². The van der Waals surface area contributed by atoms with E-state index in [2.05, 4.69) is 25.7 Å². The summed E-state index contributed by atoms with van der Waals surface area (Å²) >= 11 is 0. The second-order valence-electron chi connectivity index (χ2n) is 8.42. The largest absolute Gasteiger partial charge is 0.508 e. The third kappa shape index (κ3) is 2.82. The summed E-state index contributed by atoms with van der Waals surface area (Å²) in [6, 6.07) is 3.81. The lowest BCUT2D eigenvalue weighted by Crippen LogP contribution is -2.51. The third-order valence-electron chi connectivity index (χ3n) is 6.15. The van der Waals surface area contributed by atoms with E-state index in [0.717, 1.165) is 25.3 Å². The number of phenols is 1. The molecule has 1 saturated heterocycles. The number of benzene rings is 1. The van der Waals surface area contributed by atoms with E-state index in [1.807, 2.05) is 12.1 Å². The van der Waals surface area contributed by atoms with E-state index in [9.17, 15) is 5.11 Å². The minimum Gasteiger partial charge on any atom is -0.508 e. The van der Waals surface area contributed by atoms with Crippen LogP contribution in [0.2, 0.25) is 0 Å². The van der Waals surface area contributed by atoms with Crippen molar-refractivity contribution in [2.45, 2.75) is 71.3 Å². The number of fused-ring (bicyclic) bond motifs is 3. The molecule has 2 bridgehead atoms. The highest BCUT2D eigenvalue weighted by atomic mass is 16.5. The molecule has 0 aliphatic carbocycles. The zero-order valence-electron chi connectivity index (χ0n) is 15.9. The van der Waals surface area contributed by atoms with Crippen LogP contribution in [0.3, 0.4) is 0 Å². The first kappa shape index (κ1) is 16.8. The fourth-order valence-electron chi connectivity index (χ4n) is 5.09. The fraction of sp³-hybridized carbons (Fsp3) is 0.636. The van der Waals surface area contributed by atoms with Gasteiger partial charge in [0.1, 0.15) is 17.1 Å². The molecule has 25 heavy (non-hydrogen) atoms. The van der Waals surface area contributed by atoms with Crippen molar-refractivity contribution in [1.29, 1.82) is 0 Å². The first-order valence-corrected chi connectivity index (χ1v) is 10.1. The lowest BCUT2D eigenvalue weighted by Gasteiger charge is -2.52. The molecule has 0 amide bonds. The lowest BCUT2D eigenvalue weighted by atomic mass is 9.73. The normalized spacial score (nSPS) is 21.2. The zero-order valence-corrected chi connectivity index (χ0v) is 15.9. The number of aromatic hydroxyl groups is 1. The molecular formula is C22H31NO2. The van der Waals surface area contributed by atoms with Gasteiger partial charge in [0.15, 0.2) is 0 Å². The lowest BCUT2D eigenvalue weighted by molar-refractivity contribution is 0.0771. The van der Waals surface area contributed by atoms with Crippen LogP contribution in [-0.2, 0) is 6.42 Å². The van der Waals surface area contributed by atoms with Crippen molar-refractivity contribution in [3.8, 4) is 11.5 Å². The second kappa shape index (κ2) is 6.26. The van der Waals surface area contributed by atoms with Gasteiger partial charge in [0.05, 0.1) is 5.70 Å². The maximum Gasteiger partial charge on any atom is 0.143 e. The van der Waals surface area contributed by atoms with Gasteiger partial charge in [-0.25, -0.2) is 0 Å². The summed E-state index contributed by atoms with van der Waals surface area (Å²) in [6.45, 7) is 8.93. The van der Waals surface area contributed by atoms with Crippen LogP contribution >= 0.6 is 0 Å². The molecule has 0 saturated carbocycles. The van der Waals surface area contributed by atoms with E-state index in [-0.39, 0.29) is 5.60 Å². The predicted molar refractivity (Wildman–Crippen MR) is 102 cm³/mol. The number of hydrogen-bond acceptors (Lipinski definition) is 3. The smallest absolute Gasteiger partial charge is 0.143 e. The van der Waals surface area contributed by atoms with E-state index in [0.29, 0.717) is 11.7 Å². The number of hydrogen-bond donors (Lipinski definition) is 1.